The van der Waals surface area contributed by atoms with Crippen LogP contribution in [-0.2, 0) is 11.3 Å². The van der Waals surface area contributed by atoms with Crippen molar-refractivity contribution in [3.63, 3.8) is 0 Å². The minimum absolute atomic E-state index is 0.0207. The maximum Gasteiger partial charge on any atom is 0.227 e. The summed E-state index contributed by atoms with van der Waals surface area (Å²) in [4.78, 5) is 16.3. The first-order chi connectivity index (χ1) is 11.4. The Morgan fingerprint density at radius 1 is 1.21 bits per heavy atom. The molecule has 0 bridgehead atoms. The third-order valence-electron chi connectivity index (χ3n) is 4.30. The van der Waals surface area contributed by atoms with Crippen LogP contribution < -0.4 is 16.0 Å². The number of guanidine groups is 1. The Hall–Kier alpha value is -2.04. The van der Waals surface area contributed by atoms with Crippen molar-refractivity contribution in [3.8, 4) is 0 Å². The molecule has 24 heavy (non-hydrogen) atoms. The van der Waals surface area contributed by atoms with Gasteiger partial charge in [-0.2, -0.15) is 0 Å². The first kappa shape index (κ1) is 20.0. The van der Waals surface area contributed by atoms with E-state index in [0.717, 1.165) is 23.6 Å². The average Bonchev–Trinajstić information content (AvgIpc) is 2.57. The van der Waals surface area contributed by atoms with Crippen LogP contribution in [-0.4, -0.2) is 25.0 Å². The highest BCUT2D eigenvalue weighted by Crippen LogP contribution is 2.13. The molecule has 5 heteroatoms. The number of hydrogen-bond acceptors (Lipinski definition) is 2. The Labute approximate surface area is 146 Å². The molecular weight excluding hydrogens is 300 g/mol. The number of hydrogen-bond donors (Lipinski definition) is 3. The predicted molar refractivity (Wildman–Crippen MR) is 102 cm³/mol. The standard InChI is InChI=1S/C19H32N4O/c1-7-14(4)18(24)23-17-10-8-9-16(11-17)12-21-19(20-6)22-15(5)13(2)3/h8-11,13-15H,7,12H2,1-6H3,(H,23,24)(H2,20,21,22). The summed E-state index contributed by atoms with van der Waals surface area (Å²) in [5.74, 6) is 1.39. The first-order valence-corrected chi connectivity index (χ1v) is 8.74. The van der Waals surface area contributed by atoms with E-state index >= 15 is 0 Å². The molecule has 3 N–H and O–H groups in total. The summed E-state index contributed by atoms with van der Waals surface area (Å²) in [6.45, 7) is 11.1. The Balaban J connectivity index is 2.62. The van der Waals surface area contributed by atoms with E-state index in [0.29, 0.717) is 18.5 Å². The van der Waals surface area contributed by atoms with Gasteiger partial charge >= 0.3 is 0 Å². The zero-order valence-electron chi connectivity index (χ0n) is 15.8. The number of benzene rings is 1. The summed E-state index contributed by atoms with van der Waals surface area (Å²) in [5, 5.41) is 9.66. The predicted octanol–water partition coefficient (Wildman–Crippen LogP) is 3.38. The lowest BCUT2D eigenvalue weighted by Crippen LogP contribution is -2.43. The van der Waals surface area contributed by atoms with Crippen LogP contribution in [0.15, 0.2) is 29.3 Å². The van der Waals surface area contributed by atoms with E-state index in [1.165, 1.54) is 0 Å². The molecule has 5 nitrogen and oxygen atoms in total. The highest BCUT2D eigenvalue weighted by molar-refractivity contribution is 5.92. The molecule has 0 saturated carbocycles. The third kappa shape index (κ3) is 6.60. The zero-order chi connectivity index (χ0) is 18.1. The molecule has 0 radical (unpaired) electrons. The first-order valence-electron chi connectivity index (χ1n) is 8.74. The highest BCUT2D eigenvalue weighted by atomic mass is 16.1. The lowest BCUT2D eigenvalue weighted by molar-refractivity contribution is -0.119. The van der Waals surface area contributed by atoms with Gasteiger partial charge < -0.3 is 16.0 Å². The van der Waals surface area contributed by atoms with Gasteiger partial charge in [-0.15, -0.1) is 0 Å². The molecule has 0 heterocycles. The van der Waals surface area contributed by atoms with Gasteiger partial charge in [0.25, 0.3) is 0 Å². The van der Waals surface area contributed by atoms with E-state index in [9.17, 15) is 4.79 Å². The van der Waals surface area contributed by atoms with Crippen molar-refractivity contribution in [2.45, 2.75) is 53.6 Å². The quantitative estimate of drug-likeness (QED) is 0.530. The molecule has 1 aromatic rings. The lowest BCUT2D eigenvalue weighted by atomic mass is 10.1. The van der Waals surface area contributed by atoms with Crippen molar-refractivity contribution >= 4 is 17.6 Å². The van der Waals surface area contributed by atoms with E-state index in [1.807, 2.05) is 38.1 Å². The number of aliphatic imine (C=N–C) groups is 1. The van der Waals surface area contributed by atoms with Crippen molar-refractivity contribution in [2.24, 2.45) is 16.8 Å². The van der Waals surface area contributed by atoms with Crippen LogP contribution in [0.2, 0.25) is 0 Å². The summed E-state index contributed by atoms with van der Waals surface area (Å²) in [6.07, 6.45) is 0.836. The molecule has 1 rings (SSSR count). The number of rotatable bonds is 7. The van der Waals surface area contributed by atoms with Gasteiger partial charge in [0.05, 0.1) is 0 Å². The Morgan fingerprint density at radius 3 is 2.50 bits per heavy atom. The van der Waals surface area contributed by atoms with Crippen molar-refractivity contribution in [1.29, 1.82) is 0 Å². The molecule has 0 saturated heterocycles. The van der Waals surface area contributed by atoms with Crippen LogP contribution in [0.4, 0.5) is 5.69 Å². The molecule has 134 valence electrons. The number of amides is 1. The molecule has 0 aliphatic rings. The maximum absolute atomic E-state index is 12.0. The highest BCUT2D eigenvalue weighted by Gasteiger charge is 2.11. The fourth-order valence-electron chi connectivity index (χ4n) is 1.97. The van der Waals surface area contributed by atoms with Gasteiger partial charge in [0.1, 0.15) is 0 Å². The molecule has 0 spiro atoms. The van der Waals surface area contributed by atoms with E-state index in [4.69, 9.17) is 0 Å². The van der Waals surface area contributed by atoms with Gasteiger partial charge in [-0.05, 0) is 37.0 Å². The molecule has 2 atom stereocenters. The van der Waals surface area contributed by atoms with Crippen molar-refractivity contribution in [1.82, 2.24) is 10.6 Å². The fraction of sp³-hybridized carbons (Fsp3) is 0.579. The molecule has 0 aliphatic carbocycles. The van der Waals surface area contributed by atoms with Gasteiger partial charge in [0.2, 0.25) is 5.91 Å². The minimum atomic E-state index is 0.0207. The van der Waals surface area contributed by atoms with Crippen LogP contribution in [0, 0.1) is 11.8 Å². The number of nitrogens with one attached hydrogen (secondary N) is 3. The third-order valence-corrected chi connectivity index (χ3v) is 4.30. The molecule has 0 aromatic heterocycles. The minimum Gasteiger partial charge on any atom is -0.354 e. The fourth-order valence-corrected chi connectivity index (χ4v) is 1.97. The SMILES string of the molecule is CCC(C)C(=O)Nc1cccc(CNC(=NC)NC(C)C(C)C)c1. The normalized spacial score (nSPS) is 14.2. The second-order valence-corrected chi connectivity index (χ2v) is 6.60. The number of nitrogens with zero attached hydrogens (tertiary/aromatic N) is 1. The van der Waals surface area contributed by atoms with E-state index in [1.54, 1.807) is 7.05 Å². The monoisotopic (exact) mass is 332 g/mol. The molecular formula is C19H32N4O. The number of anilines is 1. The van der Waals surface area contributed by atoms with E-state index in [-0.39, 0.29) is 11.8 Å². The summed E-state index contributed by atoms with van der Waals surface area (Å²) in [6, 6.07) is 8.24. The van der Waals surface area contributed by atoms with E-state index in [2.05, 4.69) is 41.7 Å². The summed E-state index contributed by atoms with van der Waals surface area (Å²) >= 11 is 0. The lowest BCUT2D eigenvalue weighted by Gasteiger charge is -2.21. The Bertz CT molecular complexity index is 554. The molecule has 0 fully saturated rings. The number of carbonyl (C=O) groups is 1. The average molecular weight is 332 g/mol. The molecule has 2 unspecified atom stereocenters. The maximum atomic E-state index is 12.0. The largest absolute Gasteiger partial charge is 0.354 e. The van der Waals surface area contributed by atoms with Crippen LogP contribution in [0.25, 0.3) is 0 Å². The Kier molecular flexibility index (Phi) is 8.30. The van der Waals surface area contributed by atoms with Crippen LogP contribution in [0.3, 0.4) is 0 Å². The molecule has 1 amide bonds. The zero-order valence-corrected chi connectivity index (χ0v) is 15.8. The molecule has 1 aromatic carbocycles. The smallest absolute Gasteiger partial charge is 0.227 e. The second-order valence-electron chi connectivity index (χ2n) is 6.60. The molecule has 0 aliphatic heterocycles. The van der Waals surface area contributed by atoms with Crippen molar-refractivity contribution < 1.29 is 4.79 Å². The topological polar surface area (TPSA) is 65.5 Å². The number of carbonyl (C=O) groups excluding carboxylic acids is 1. The van der Waals surface area contributed by atoms with Gasteiger partial charge in [-0.25, -0.2) is 0 Å². The Morgan fingerprint density at radius 2 is 1.92 bits per heavy atom. The van der Waals surface area contributed by atoms with Crippen molar-refractivity contribution in [3.05, 3.63) is 29.8 Å². The van der Waals surface area contributed by atoms with Crippen LogP contribution in [0.5, 0.6) is 0 Å². The van der Waals surface area contributed by atoms with Crippen molar-refractivity contribution in [2.75, 3.05) is 12.4 Å². The summed E-state index contributed by atoms with van der Waals surface area (Å²) in [5.41, 5.74) is 1.93. The van der Waals surface area contributed by atoms with Crippen LogP contribution in [0.1, 0.15) is 46.6 Å². The van der Waals surface area contributed by atoms with Crippen LogP contribution >= 0.6 is 0 Å². The second kappa shape index (κ2) is 9.96. The van der Waals surface area contributed by atoms with Gasteiger partial charge in [0, 0.05) is 31.2 Å². The summed E-state index contributed by atoms with van der Waals surface area (Å²) in [7, 11) is 1.77. The van der Waals surface area contributed by atoms with Gasteiger partial charge in [-0.3, -0.25) is 9.79 Å². The van der Waals surface area contributed by atoms with E-state index < -0.39 is 0 Å². The van der Waals surface area contributed by atoms with Gasteiger partial charge in [-0.1, -0.05) is 39.8 Å². The van der Waals surface area contributed by atoms with Gasteiger partial charge in [0.15, 0.2) is 5.96 Å². The summed E-state index contributed by atoms with van der Waals surface area (Å²) < 4.78 is 0.